The summed E-state index contributed by atoms with van der Waals surface area (Å²) in [4.78, 5) is 17.7. The first-order valence-corrected chi connectivity index (χ1v) is 10.1. The number of methoxy groups -OCH3 is 1. The van der Waals surface area contributed by atoms with Crippen molar-refractivity contribution in [1.82, 2.24) is 15.2 Å². The van der Waals surface area contributed by atoms with E-state index in [2.05, 4.69) is 27.4 Å². The molecule has 0 aliphatic rings. The Morgan fingerprint density at radius 3 is 2.75 bits per heavy atom. The number of rotatable bonds is 8. The maximum atomic E-state index is 13.2. The summed E-state index contributed by atoms with van der Waals surface area (Å²) < 4.78 is 5.38. The number of H-pyrrole nitrogens is 1. The van der Waals surface area contributed by atoms with E-state index in [4.69, 9.17) is 4.74 Å². The van der Waals surface area contributed by atoms with Crippen molar-refractivity contribution in [3.05, 3.63) is 65.5 Å². The molecule has 1 amide bonds. The molecule has 2 aromatic carbocycles. The summed E-state index contributed by atoms with van der Waals surface area (Å²) in [7, 11) is 1.59. The van der Waals surface area contributed by atoms with Crippen LogP contribution in [0.4, 0.5) is 5.69 Å². The molecule has 0 aliphatic heterocycles. The molecular weight excluding hydrogens is 372 g/mol. The standard InChI is InChI=1S/C21H24N4O2S/c1-4-8-18-23-21(25-24-18)28-19(15-9-6-5-7-10-15)20(26)22-16-13-14(2)11-12-17(16)27-3/h5-7,9-13,19H,4,8H2,1-3H3,(H,22,26)(H,23,24,25)/t19-/m1/s1. The normalized spacial score (nSPS) is 11.8. The van der Waals surface area contributed by atoms with Crippen LogP contribution in [-0.4, -0.2) is 28.2 Å². The van der Waals surface area contributed by atoms with Crippen LogP contribution in [0.15, 0.2) is 53.7 Å². The number of aromatic nitrogens is 3. The molecule has 3 rings (SSSR count). The number of nitrogens with zero attached hydrogens (tertiary/aromatic N) is 2. The van der Waals surface area contributed by atoms with Gasteiger partial charge in [-0.05, 0) is 36.6 Å². The zero-order valence-electron chi connectivity index (χ0n) is 16.2. The Bertz CT molecular complexity index is 927. The Labute approximate surface area is 169 Å². The maximum Gasteiger partial charge on any atom is 0.242 e. The van der Waals surface area contributed by atoms with Crippen molar-refractivity contribution in [3.63, 3.8) is 0 Å². The van der Waals surface area contributed by atoms with Crippen molar-refractivity contribution in [2.24, 2.45) is 0 Å². The van der Waals surface area contributed by atoms with Gasteiger partial charge in [0.15, 0.2) is 0 Å². The minimum absolute atomic E-state index is 0.151. The van der Waals surface area contributed by atoms with E-state index in [1.54, 1.807) is 7.11 Å². The third kappa shape index (κ3) is 4.92. The number of aromatic amines is 1. The van der Waals surface area contributed by atoms with Gasteiger partial charge in [-0.15, -0.1) is 5.10 Å². The van der Waals surface area contributed by atoms with Gasteiger partial charge in [0.1, 0.15) is 16.8 Å². The Morgan fingerprint density at radius 2 is 2.04 bits per heavy atom. The molecule has 1 heterocycles. The lowest BCUT2D eigenvalue weighted by atomic mass is 10.1. The predicted octanol–water partition coefficient (Wildman–Crippen LogP) is 4.55. The van der Waals surface area contributed by atoms with Crippen molar-refractivity contribution >= 4 is 23.4 Å². The van der Waals surface area contributed by atoms with Crippen molar-refractivity contribution < 1.29 is 9.53 Å². The van der Waals surface area contributed by atoms with Crippen LogP contribution in [0.25, 0.3) is 0 Å². The number of aryl methyl sites for hydroxylation is 2. The average Bonchev–Trinajstić information content (AvgIpc) is 3.14. The molecular formula is C21H24N4O2S. The summed E-state index contributed by atoms with van der Waals surface area (Å²) in [5, 5.41) is 10.3. The van der Waals surface area contributed by atoms with Crippen LogP contribution in [0.3, 0.4) is 0 Å². The van der Waals surface area contributed by atoms with Gasteiger partial charge in [-0.3, -0.25) is 9.89 Å². The molecule has 0 spiro atoms. The smallest absolute Gasteiger partial charge is 0.242 e. The molecule has 7 heteroatoms. The number of benzene rings is 2. The Balaban J connectivity index is 1.86. The molecule has 0 saturated carbocycles. The number of ether oxygens (including phenoxy) is 1. The van der Waals surface area contributed by atoms with Gasteiger partial charge in [-0.25, -0.2) is 4.98 Å². The van der Waals surface area contributed by atoms with Crippen molar-refractivity contribution in [1.29, 1.82) is 0 Å². The Hall–Kier alpha value is -2.80. The van der Waals surface area contributed by atoms with Crippen molar-refractivity contribution in [3.8, 4) is 5.75 Å². The molecule has 1 aromatic heterocycles. The minimum Gasteiger partial charge on any atom is -0.495 e. The zero-order valence-corrected chi connectivity index (χ0v) is 17.0. The van der Waals surface area contributed by atoms with Gasteiger partial charge in [0.05, 0.1) is 12.8 Å². The molecule has 1 atom stereocenters. The molecule has 3 aromatic rings. The van der Waals surface area contributed by atoms with Gasteiger partial charge >= 0.3 is 0 Å². The van der Waals surface area contributed by atoms with E-state index in [0.29, 0.717) is 16.6 Å². The second-order valence-electron chi connectivity index (χ2n) is 6.42. The third-order valence-corrected chi connectivity index (χ3v) is 5.29. The highest BCUT2D eigenvalue weighted by Crippen LogP contribution is 2.35. The van der Waals surface area contributed by atoms with Crippen molar-refractivity contribution in [2.45, 2.75) is 37.1 Å². The number of thioether (sulfide) groups is 1. The van der Waals surface area contributed by atoms with Crippen LogP contribution in [0.5, 0.6) is 5.75 Å². The number of nitrogens with one attached hydrogen (secondary N) is 2. The van der Waals surface area contributed by atoms with E-state index in [9.17, 15) is 4.79 Å². The maximum absolute atomic E-state index is 13.2. The van der Waals surface area contributed by atoms with Gasteiger partial charge in [-0.1, -0.05) is 55.1 Å². The first kappa shape index (κ1) is 19.9. The lowest BCUT2D eigenvalue weighted by molar-refractivity contribution is -0.115. The lowest BCUT2D eigenvalue weighted by Gasteiger charge is -2.17. The number of carbonyl (C=O) groups is 1. The Morgan fingerprint density at radius 1 is 1.25 bits per heavy atom. The summed E-state index contributed by atoms with van der Waals surface area (Å²) in [6.45, 7) is 4.06. The third-order valence-electron chi connectivity index (χ3n) is 4.17. The van der Waals surface area contributed by atoms with Gasteiger partial charge in [0.25, 0.3) is 0 Å². The number of hydrogen-bond acceptors (Lipinski definition) is 5. The lowest BCUT2D eigenvalue weighted by Crippen LogP contribution is -2.19. The molecule has 6 nitrogen and oxygen atoms in total. The summed E-state index contributed by atoms with van der Waals surface area (Å²) in [5.74, 6) is 1.30. The first-order valence-electron chi connectivity index (χ1n) is 9.19. The summed E-state index contributed by atoms with van der Waals surface area (Å²) in [6, 6.07) is 15.3. The predicted molar refractivity (Wildman–Crippen MR) is 112 cm³/mol. The molecule has 146 valence electrons. The zero-order chi connectivity index (χ0) is 19.9. The molecule has 0 aliphatic carbocycles. The minimum atomic E-state index is -0.489. The number of hydrogen-bond donors (Lipinski definition) is 2. The fourth-order valence-electron chi connectivity index (χ4n) is 2.80. The monoisotopic (exact) mass is 396 g/mol. The molecule has 0 saturated heterocycles. The molecule has 0 unspecified atom stereocenters. The highest BCUT2D eigenvalue weighted by Gasteiger charge is 2.25. The van der Waals surface area contributed by atoms with E-state index < -0.39 is 5.25 Å². The second-order valence-corrected chi connectivity index (χ2v) is 7.49. The molecule has 0 radical (unpaired) electrons. The molecule has 2 N–H and O–H groups in total. The summed E-state index contributed by atoms with van der Waals surface area (Å²) in [5.41, 5.74) is 2.58. The number of amides is 1. The van der Waals surface area contributed by atoms with Crippen LogP contribution in [0, 0.1) is 6.92 Å². The average molecular weight is 397 g/mol. The topological polar surface area (TPSA) is 79.9 Å². The van der Waals surface area contributed by atoms with Gasteiger partial charge in [0, 0.05) is 6.42 Å². The number of anilines is 1. The fourth-order valence-corrected chi connectivity index (χ4v) is 3.73. The van der Waals surface area contributed by atoms with E-state index in [0.717, 1.165) is 29.8 Å². The summed E-state index contributed by atoms with van der Waals surface area (Å²) in [6.07, 6.45) is 1.81. The van der Waals surface area contributed by atoms with Gasteiger partial charge < -0.3 is 10.1 Å². The van der Waals surface area contributed by atoms with E-state index in [-0.39, 0.29) is 5.91 Å². The molecule has 28 heavy (non-hydrogen) atoms. The van der Waals surface area contributed by atoms with E-state index >= 15 is 0 Å². The van der Waals surface area contributed by atoms with Crippen LogP contribution >= 0.6 is 11.8 Å². The first-order chi connectivity index (χ1) is 13.6. The highest BCUT2D eigenvalue weighted by atomic mass is 32.2. The quantitative estimate of drug-likeness (QED) is 0.546. The fraction of sp³-hybridized carbons (Fsp3) is 0.286. The number of carbonyl (C=O) groups excluding carboxylic acids is 1. The molecule has 0 fully saturated rings. The van der Waals surface area contributed by atoms with E-state index in [1.165, 1.54) is 11.8 Å². The van der Waals surface area contributed by atoms with Crippen LogP contribution in [-0.2, 0) is 11.2 Å². The van der Waals surface area contributed by atoms with Crippen LogP contribution < -0.4 is 10.1 Å². The highest BCUT2D eigenvalue weighted by molar-refractivity contribution is 8.00. The largest absolute Gasteiger partial charge is 0.495 e. The van der Waals surface area contributed by atoms with E-state index in [1.807, 2.05) is 55.5 Å². The summed E-state index contributed by atoms with van der Waals surface area (Å²) >= 11 is 1.33. The second kappa shape index (κ2) is 9.41. The van der Waals surface area contributed by atoms with Crippen LogP contribution in [0.1, 0.15) is 35.5 Å². The van der Waals surface area contributed by atoms with Gasteiger partial charge in [0.2, 0.25) is 11.1 Å². The van der Waals surface area contributed by atoms with Gasteiger partial charge in [-0.2, -0.15) is 0 Å². The molecule has 0 bridgehead atoms. The Kier molecular flexibility index (Phi) is 6.71. The van der Waals surface area contributed by atoms with Crippen molar-refractivity contribution in [2.75, 3.05) is 12.4 Å². The SMILES string of the molecule is CCCc1nc(S[C@@H](C(=O)Nc2cc(C)ccc2OC)c2ccccc2)n[nH]1. The van der Waals surface area contributed by atoms with Crippen LogP contribution in [0.2, 0.25) is 0 Å².